The van der Waals surface area contributed by atoms with Crippen LogP contribution in [-0.4, -0.2) is 68.8 Å². The minimum atomic E-state index is -1.25. The highest BCUT2D eigenvalue weighted by atomic mass is 16.4. The Hall–Kier alpha value is -3.48. The molecule has 35 heavy (non-hydrogen) atoms. The molecule has 9 N–H and O–H groups in total. The van der Waals surface area contributed by atoms with Gasteiger partial charge in [-0.15, -0.1) is 0 Å². The molecule has 0 bridgehead atoms. The normalized spacial score (nSPS) is 15.4. The second-order valence-corrected chi connectivity index (χ2v) is 9.02. The number of primary amides is 1. The number of carbonyl (C=O) groups is 5. The summed E-state index contributed by atoms with van der Waals surface area (Å²) in [5.74, 6) is -4.35. The largest absolute Gasteiger partial charge is 0.480 e. The number of carboxylic acids is 1. The van der Waals surface area contributed by atoms with E-state index in [-0.39, 0.29) is 31.1 Å². The fourth-order valence-electron chi connectivity index (χ4n) is 3.32. The van der Waals surface area contributed by atoms with Crippen molar-refractivity contribution in [1.29, 1.82) is 0 Å². The monoisotopic (exact) mass is 495 g/mol. The molecule has 0 spiro atoms. The highest BCUT2D eigenvalue weighted by Gasteiger charge is 2.33. The van der Waals surface area contributed by atoms with Crippen LogP contribution in [0.2, 0.25) is 0 Å². The molecule has 0 fully saturated rings. The van der Waals surface area contributed by atoms with Gasteiger partial charge in [-0.25, -0.2) is 9.78 Å². The fraction of sp³-hybridized carbons (Fsp3) is 0.636. The van der Waals surface area contributed by atoms with Crippen LogP contribution in [0, 0.1) is 11.8 Å². The number of nitrogens with zero attached hydrogens (tertiary/aromatic N) is 1. The van der Waals surface area contributed by atoms with Crippen molar-refractivity contribution < 1.29 is 29.1 Å². The summed E-state index contributed by atoms with van der Waals surface area (Å²) in [6.07, 6.45) is 3.21. The number of aromatic nitrogens is 2. The van der Waals surface area contributed by atoms with Gasteiger partial charge in [-0.1, -0.05) is 34.1 Å². The van der Waals surface area contributed by atoms with Crippen LogP contribution in [0.15, 0.2) is 12.5 Å². The number of rotatable bonds is 15. The van der Waals surface area contributed by atoms with Gasteiger partial charge < -0.3 is 37.5 Å². The molecule has 0 aromatic carbocycles. The molecular formula is C22H37N7O6. The van der Waals surface area contributed by atoms with Gasteiger partial charge in [-0.3, -0.25) is 19.2 Å². The molecule has 1 aromatic heterocycles. The van der Waals surface area contributed by atoms with Crippen molar-refractivity contribution in [3.8, 4) is 0 Å². The number of aliphatic carboxylic acids is 1. The smallest absolute Gasteiger partial charge is 0.326 e. The lowest BCUT2D eigenvalue weighted by atomic mass is 9.96. The maximum absolute atomic E-state index is 13.1. The van der Waals surface area contributed by atoms with E-state index in [9.17, 15) is 29.1 Å². The first-order valence-electron chi connectivity index (χ1n) is 11.5. The van der Waals surface area contributed by atoms with Crippen LogP contribution in [0.25, 0.3) is 0 Å². The number of hydrogen-bond donors (Lipinski definition) is 7. The Morgan fingerprint density at radius 3 is 2.14 bits per heavy atom. The molecule has 0 saturated heterocycles. The molecular weight excluding hydrogens is 458 g/mol. The van der Waals surface area contributed by atoms with Gasteiger partial charge in [0, 0.05) is 18.3 Å². The molecule has 1 rings (SSSR count). The summed E-state index contributed by atoms with van der Waals surface area (Å²) in [5, 5.41) is 17.2. The van der Waals surface area contributed by atoms with E-state index in [4.69, 9.17) is 11.5 Å². The highest BCUT2D eigenvalue weighted by Crippen LogP contribution is 2.12. The number of imidazole rings is 1. The van der Waals surface area contributed by atoms with E-state index in [0.717, 1.165) is 0 Å². The fourth-order valence-corrected chi connectivity index (χ4v) is 3.32. The van der Waals surface area contributed by atoms with E-state index in [0.29, 0.717) is 12.1 Å². The molecule has 1 aromatic rings. The molecule has 4 amide bonds. The Labute approximate surface area is 204 Å². The van der Waals surface area contributed by atoms with Gasteiger partial charge in [0.15, 0.2) is 0 Å². The zero-order chi connectivity index (χ0) is 26.7. The first kappa shape index (κ1) is 29.6. The van der Waals surface area contributed by atoms with Crippen LogP contribution in [0.4, 0.5) is 0 Å². The Morgan fingerprint density at radius 2 is 1.66 bits per heavy atom. The lowest BCUT2D eigenvalue weighted by molar-refractivity contribution is -0.142. The SMILES string of the molecule is CCC(C)C(NC(=O)C(CC(C)C)NC(=O)C(N)CC(N)=O)C(=O)NC(Cc1cnc[nH]1)C(=O)O. The molecule has 0 aliphatic rings. The topological polar surface area (TPSA) is 222 Å². The van der Waals surface area contributed by atoms with Crippen LogP contribution in [0.1, 0.15) is 52.7 Å². The minimum Gasteiger partial charge on any atom is -0.480 e. The average molecular weight is 496 g/mol. The second kappa shape index (κ2) is 14.0. The summed E-state index contributed by atoms with van der Waals surface area (Å²) in [5.41, 5.74) is 11.3. The molecule has 0 radical (unpaired) electrons. The van der Waals surface area contributed by atoms with Crippen molar-refractivity contribution in [3.05, 3.63) is 18.2 Å². The third-order valence-corrected chi connectivity index (χ3v) is 5.48. The van der Waals surface area contributed by atoms with Crippen LogP contribution < -0.4 is 27.4 Å². The summed E-state index contributed by atoms with van der Waals surface area (Å²) in [6.45, 7) is 7.27. The number of carboxylic acid groups (broad SMARTS) is 1. The molecule has 5 atom stereocenters. The van der Waals surface area contributed by atoms with Crippen molar-refractivity contribution in [1.82, 2.24) is 25.9 Å². The Bertz CT molecular complexity index is 874. The Morgan fingerprint density at radius 1 is 1.03 bits per heavy atom. The number of nitrogens with two attached hydrogens (primary N) is 2. The van der Waals surface area contributed by atoms with Gasteiger partial charge in [-0.05, 0) is 18.3 Å². The Kier molecular flexibility index (Phi) is 11.9. The number of hydrogen-bond acceptors (Lipinski definition) is 7. The number of amides is 4. The van der Waals surface area contributed by atoms with Gasteiger partial charge in [0.1, 0.15) is 18.1 Å². The van der Waals surface area contributed by atoms with Crippen molar-refractivity contribution in [3.63, 3.8) is 0 Å². The van der Waals surface area contributed by atoms with E-state index in [1.165, 1.54) is 12.5 Å². The quantitative estimate of drug-likeness (QED) is 0.156. The van der Waals surface area contributed by atoms with Crippen LogP contribution in [-0.2, 0) is 30.4 Å². The number of aromatic amines is 1. The second-order valence-electron chi connectivity index (χ2n) is 9.02. The summed E-state index contributed by atoms with van der Waals surface area (Å²) < 4.78 is 0. The third kappa shape index (κ3) is 10.1. The van der Waals surface area contributed by atoms with E-state index in [1.54, 1.807) is 6.92 Å². The minimum absolute atomic E-state index is 0.0000798. The van der Waals surface area contributed by atoms with Gasteiger partial charge in [0.2, 0.25) is 23.6 Å². The molecule has 0 saturated carbocycles. The van der Waals surface area contributed by atoms with Crippen molar-refractivity contribution in [2.45, 2.75) is 77.5 Å². The summed E-state index contributed by atoms with van der Waals surface area (Å²) >= 11 is 0. The lowest BCUT2D eigenvalue weighted by Crippen LogP contribution is -2.59. The standard InChI is InChI=1S/C22H37N7O6/c1-5-12(4)18(21(33)28-16(22(34)35)7-13-9-25-10-26-13)29-20(32)15(6-11(2)3)27-19(31)14(23)8-17(24)30/h9-12,14-16,18H,5-8,23H2,1-4H3,(H2,24,30)(H,25,26)(H,27,31)(H,28,33)(H,29,32)(H,34,35). The highest BCUT2D eigenvalue weighted by molar-refractivity contribution is 5.95. The zero-order valence-corrected chi connectivity index (χ0v) is 20.5. The number of H-pyrrole nitrogens is 1. The maximum atomic E-state index is 13.1. The molecule has 13 heteroatoms. The predicted octanol–water partition coefficient (Wildman–Crippen LogP) is -1.21. The maximum Gasteiger partial charge on any atom is 0.326 e. The van der Waals surface area contributed by atoms with E-state index < -0.39 is 53.8 Å². The third-order valence-electron chi connectivity index (χ3n) is 5.48. The Balaban J connectivity index is 3.00. The number of nitrogens with one attached hydrogen (secondary N) is 4. The first-order chi connectivity index (χ1) is 16.3. The zero-order valence-electron chi connectivity index (χ0n) is 20.5. The van der Waals surface area contributed by atoms with Gasteiger partial charge in [-0.2, -0.15) is 0 Å². The van der Waals surface area contributed by atoms with Crippen molar-refractivity contribution in [2.75, 3.05) is 0 Å². The van der Waals surface area contributed by atoms with E-state index >= 15 is 0 Å². The molecule has 196 valence electrons. The summed E-state index contributed by atoms with van der Waals surface area (Å²) in [7, 11) is 0. The molecule has 0 aliphatic heterocycles. The van der Waals surface area contributed by atoms with Gasteiger partial charge >= 0.3 is 5.97 Å². The van der Waals surface area contributed by atoms with Crippen LogP contribution >= 0.6 is 0 Å². The lowest BCUT2D eigenvalue weighted by Gasteiger charge is -2.28. The predicted molar refractivity (Wildman–Crippen MR) is 126 cm³/mol. The van der Waals surface area contributed by atoms with Gasteiger partial charge in [0.05, 0.1) is 18.8 Å². The van der Waals surface area contributed by atoms with E-state index in [1.807, 2.05) is 20.8 Å². The molecule has 5 unspecified atom stereocenters. The number of carbonyl (C=O) groups excluding carboxylic acids is 4. The summed E-state index contributed by atoms with van der Waals surface area (Å²) in [4.78, 5) is 67.9. The molecule has 1 heterocycles. The average Bonchev–Trinajstić information content (AvgIpc) is 3.27. The van der Waals surface area contributed by atoms with Crippen molar-refractivity contribution in [2.24, 2.45) is 23.3 Å². The summed E-state index contributed by atoms with van der Waals surface area (Å²) in [6, 6.07) is -4.55. The van der Waals surface area contributed by atoms with Gasteiger partial charge in [0.25, 0.3) is 0 Å². The van der Waals surface area contributed by atoms with E-state index in [2.05, 4.69) is 25.9 Å². The molecule has 0 aliphatic carbocycles. The first-order valence-corrected chi connectivity index (χ1v) is 11.5. The van der Waals surface area contributed by atoms with Crippen molar-refractivity contribution >= 4 is 29.6 Å². The molecule has 13 nitrogen and oxygen atoms in total. The van der Waals surface area contributed by atoms with Crippen LogP contribution in [0.3, 0.4) is 0 Å². The van der Waals surface area contributed by atoms with Crippen LogP contribution in [0.5, 0.6) is 0 Å².